The van der Waals surface area contributed by atoms with Gasteiger partial charge in [-0.05, 0) is 30.4 Å². The van der Waals surface area contributed by atoms with Crippen LogP contribution < -0.4 is 5.73 Å². The maximum atomic E-state index is 11.9. The van der Waals surface area contributed by atoms with Crippen LogP contribution in [-0.2, 0) is 16.6 Å². The summed E-state index contributed by atoms with van der Waals surface area (Å²) in [4.78, 5) is 0. The van der Waals surface area contributed by atoms with Crippen molar-refractivity contribution in [1.29, 1.82) is 0 Å². The Morgan fingerprint density at radius 2 is 2.12 bits per heavy atom. The SMILES string of the molecule is NC(CS(=O)Cc1ccccc1Cl)C1CC1. The molecule has 1 aliphatic rings. The van der Waals surface area contributed by atoms with Gasteiger partial charge in [0.15, 0.2) is 0 Å². The van der Waals surface area contributed by atoms with Gasteiger partial charge in [0.25, 0.3) is 0 Å². The van der Waals surface area contributed by atoms with Crippen molar-refractivity contribution >= 4 is 22.4 Å². The Balaban J connectivity index is 1.89. The molecule has 16 heavy (non-hydrogen) atoms. The van der Waals surface area contributed by atoms with E-state index in [1.165, 1.54) is 12.8 Å². The molecular formula is C12H16ClNOS. The molecule has 0 bridgehead atoms. The summed E-state index contributed by atoms with van der Waals surface area (Å²) < 4.78 is 11.9. The lowest BCUT2D eigenvalue weighted by atomic mass is 10.2. The van der Waals surface area contributed by atoms with E-state index in [9.17, 15) is 4.21 Å². The third-order valence-corrected chi connectivity index (χ3v) is 4.64. The van der Waals surface area contributed by atoms with Gasteiger partial charge in [-0.15, -0.1) is 0 Å². The van der Waals surface area contributed by atoms with Crippen molar-refractivity contribution in [2.24, 2.45) is 11.7 Å². The maximum Gasteiger partial charge on any atom is 0.0501 e. The molecule has 1 aromatic carbocycles. The molecule has 0 aromatic heterocycles. The molecule has 0 heterocycles. The zero-order valence-corrected chi connectivity index (χ0v) is 10.6. The fourth-order valence-electron chi connectivity index (χ4n) is 1.72. The van der Waals surface area contributed by atoms with Gasteiger partial charge in [-0.2, -0.15) is 0 Å². The molecular weight excluding hydrogens is 242 g/mol. The maximum absolute atomic E-state index is 11.9. The Morgan fingerprint density at radius 3 is 2.75 bits per heavy atom. The van der Waals surface area contributed by atoms with E-state index in [-0.39, 0.29) is 6.04 Å². The predicted octanol–water partition coefficient (Wildman–Crippen LogP) is 2.33. The van der Waals surface area contributed by atoms with Crippen molar-refractivity contribution in [1.82, 2.24) is 0 Å². The van der Waals surface area contributed by atoms with Crippen LogP contribution in [0.5, 0.6) is 0 Å². The summed E-state index contributed by atoms with van der Waals surface area (Å²) in [6, 6.07) is 7.64. The Morgan fingerprint density at radius 1 is 1.44 bits per heavy atom. The molecule has 1 saturated carbocycles. The van der Waals surface area contributed by atoms with Crippen molar-refractivity contribution in [2.45, 2.75) is 24.6 Å². The smallest absolute Gasteiger partial charge is 0.0501 e. The van der Waals surface area contributed by atoms with Crippen molar-refractivity contribution in [3.63, 3.8) is 0 Å². The largest absolute Gasteiger partial charge is 0.327 e. The van der Waals surface area contributed by atoms with Gasteiger partial charge >= 0.3 is 0 Å². The number of benzene rings is 1. The summed E-state index contributed by atoms with van der Waals surface area (Å²) in [5.74, 6) is 1.71. The summed E-state index contributed by atoms with van der Waals surface area (Å²) in [6.45, 7) is 0. The molecule has 2 nitrogen and oxygen atoms in total. The second-order valence-corrected chi connectivity index (χ2v) is 6.25. The molecule has 1 fully saturated rings. The molecule has 0 spiro atoms. The molecule has 0 aliphatic heterocycles. The van der Waals surface area contributed by atoms with Gasteiger partial charge in [0.05, 0.1) is 5.75 Å². The first-order valence-electron chi connectivity index (χ1n) is 5.51. The molecule has 0 saturated heterocycles. The second-order valence-electron chi connectivity index (χ2n) is 4.34. The number of nitrogens with two attached hydrogens (primary N) is 1. The highest BCUT2D eigenvalue weighted by atomic mass is 35.5. The first kappa shape index (κ1) is 12.1. The predicted molar refractivity (Wildman–Crippen MR) is 68.9 cm³/mol. The molecule has 0 amide bonds. The van der Waals surface area contributed by atoms with Gasteiger partial charge in [0.2, 0.25) is 0 Å². The van der Waals surface area contributed by atoms with Gasteiger partial charge < -0.3 is 5.73 Å². The van der Waals surface area contributed by atoms with Gasteiger partial charge in [-0.25, -0.2) is 0 Å². The van der Waals surface area contributed by atoms with Crippen LogP contribution in [-0.4, -0.2) is 16.0 Å². The molecule has 1 aromatic rings. The zero-order valence-electron chi connectivity index (χ0n) is 9.06. The molecule has 2 atom stereocenters. The molecule has 1 aliphatic carbocycles. The van der Waals surface area contributed by atoms with Crippen LogP contribution in [0, 0.1) is 5.92 Å². The Hall–Kier alpha value is -0.380. The average Bonchev–Trinajstić information content (AvgIpc) is 3.04. The highest BCUT2D eigenvalue weighted by Gasteiger charge is 2.29. The van der Waals surface area contributed by atoms with Crippen LogP contribution >= 0.6 is 11.6 Å². The van der Waals surface area contributed by atoms with Crippen molar-refractivity contribution < 1.29 is 4.21 Å². The summed E-state index contributed by atoms with van der Waals surface area (Å²) >= 11 is 6.01. The van der Waals surface area contributed by atoms with Crippen molar-refractivity contribution in [3.05, 3.63) is 34.9 Å². The molecule has 2 N–H and O–H groups in total. The van der Waals surface area contributed by atoms with E-state index in [1.54, 1.807) is 0 Å². The van der Waals surface area contributed by atoms with Crippen LogP contribution in [0.2, 0.25) is 5.02 Å². The Bertz CT molecular complexity index is 392. The zero-order chi connectivity index (χ0) is 11.5. The van der Waals surface area contributed by atoms with Crippen LogP contribution in [0.25, 0.3) is 0 Å². The third-order valence-electron chi connectivity index (χ3n) is 2.88. The Labute approximate surface area is 104 Å². The van der Waals surface area contributed by atoms with E-state index in [4.69, 9.17) is 17.3 Å². The standard InChI is InChI=1S/C12H16ClNOS/c13-11-4-2-1-3-10(11)7-16(15)8-12(14)9-5-6-9/h1-4,9,12H,5-8,14H2. The van der Waals surface area contributed by atoms with E-state index in [1.807, 2.05) is 24.3 Å². The summed E-state index contributed by atoms with van der Waals surface area (Å²) in [5.41, 5.74) is 6.90. The molecule has 2 rings (SSSR count). The average molecular weight is 258 g/mol. The van der Waals surface area contributed by atoms with Gasteiger partial charge in [0.1, 0.15) is 0 Å². The van der Waals surface area contributed by atoms with Gasteiger partial charge in [0, 0.05) is 27.6 Å². The highest BCUT2D eigenvalue weighted by Crippen LogP contribution is 2.32. The topological polar surface area (TPSA) is 43.1 Å². The summed E-state index contributed by atoms with van der Waals surface area (Å²) in [6.07, 6.45) is 2.40. The molecule has 0 radical (unpaired) electrons. The second kappa shape index (κ2) is 5.30. The van der Waals surface area contributed by atoms with Crippen molar-refractivity contribution in [3.8, 4) is 0 Å². The van der Waals surface area contributed by atoms with Crippen molar-refractivity contribution in [2.75, 3.05) is 5.75 Å². The lowest BCUT2D eigenvalue weighted by molar-refractivity contribution is 0.634. The quantitative estimate of drug-likeness (QED) is 0.880. The molecule has 4 heteroatoms. The minimum Gasteiger partial charge on any atom is -0.327 e. The highest BCUT2D eigenvalue weighted by molar-refractivity contribution is 7.84. The minimum atomic E-state index is -0.901. The fraction of sp³-hybridized carbons (Fsp3) is 0.500. The van der Waals surface area contributed by atoms with E-state index in [0.717, 1.165) is 5.56 Å². The van der Waals surface area contributed by atoms with Crippen LogP contribution in [0.3, 0.4) is 0 Å². The Kier molecular flexibility index (Phi) is 4.00. The molecule has 2 unspecified atom stereocenters. The van der Waals surface area contributed by atoms with E-state index < -0.39 is 10.8 Å². The number of hydrogen-bond donors (Lipinski definition) is 1. The first-order valence-corrected chi connectivity index (χ1v) is 7.37. The lowest BCUT2D eigenvalue weighted by Gasteiger charge is -2.10. The monoisotopic (exact) mass is 257 g/mol. The van der Waals surface area contributed by atoms with E-state index in [2.05, 4.69) is 0 Å². The number of halogens is 1. The van der Waals surface area contributed by atoms with Crippen LogP contribution in [0.15, 0.2) is 24.3 Å². The summed E-state index contributed by atoms with van der Waals surface area (Å²) in [5, 5.41) is 0.691. The minimum absolute atomic E-state index is 0.100. The normalized spacial score (nSPS) is 19.4. The van der Waals surface area contributed by atoms with E-state index >= 15 is 0 Å². The van der Waals surface area contributed by atoms with Crippen LogP contribution in [0.1, 0.15) is 18.4 Å². The number of rotatable bonds is 5. The lowest BCUT2D eigenvalue weighted by Crippen LogP contribution is -2.29. The number of hydrogen-bond acceptors (Lipinski definition) is 2. The van der Waals surface area contributed by atoms with Gasteiger partial charge in [-0.3, -0.25) is 4.21 Å². The molecule has 88 valence electrons. The first-order chi connectivity index (χ1) is 7.66. The van der Waals surface area contributed by atoms with Gasteiger partial charge in [-0.1, -0.05) is 29.8 Å². The third kappa shape index (κ3) is 3.30. The van der Waals surface area contributed by atoms with Crippen LogP contribution in [0.4, 0.5) is 0 Å². The fourth-order valence-corrected chi connectivity index (χ4v) is 3.42. The van der Waals surface area contributed by atoms with E-state index in [0.29, 0.717) is 22.4 Å². The summed E-state index contributed by atoms with van der Waals surface area (Å²) in [7, 11) is -0.901.